The van der Waals surface area contributed by atoms with E-state index in [-0.39, 0.29) is 11.8 Å². The van der Waals surface area contributed by atoms with Crippen LogP contribution < -0.4 is 10.1 Å². The normalized spacial score (nSPS) is 16.7. The second kappa shape index (κ2) is 10.3. The highest BCUT2D eigenvalue weighted by atomic mass is 35.5. The summed E-state index contributed by atoms with van der Waals surface area (Å²) in [5.41, 5.74) is 1.40. The molecule has 1 atom stereocenters. The first-order chi connectivity index (χ1) is 15.5. The standard InChI is InChI=1S/C23H24Cl2N4O3/c1-2-31-18-7-3-6-17(12-18)26-23(30)15-5-4-10-29(13-15)14-21-27-22(28-32-21)19-9-8-16(24)11-20(19)25/h3,6-9,11-12,15H,2,4-5,10,13-14H2,1H3,(H,26,30). The number of aromatic nitrogens is 2. The monoisotopic (exact) mass is 474 g/mol. The lowest BCUT2D eigenvalue weighted by atomic mass is 9.97. The van der Waals surface area contributed by atoms with Crippen LogP contribution in [0.1, 0.15) is 25.7 Å². The Hall–Kier alpha value is -2.61. The van der Waals surface area contributed by atoms with Crippen molar-refractivity contribution in [3.63, 3.8) is 0 Å². The van der Waals surface area contributed by atoms with Crippen molar-refractivity contribution in [2.24, 2.45) is 5.92 Å². The van der Waals surface area contributed by atoms with Crippen LogP contribution in [0, 0.1) is 5.92 Å². The number of amides is 1. The number of hydrogen-bond donors (Lipinski definition) is 1. The average molecular weight is 475 g/mol. The van der Waals surface area contributed by atoms with Crippen molar-refractivity contribution >= 4 is 34.8 Å². The van der Waals surface area contributed by atoms with Gasteiger partial charge in [-0.05, 0) is 56.6 Å². The molecule has 0 aliphatic carbocycles. The van der Waals surface area contributed by atoms with E-state index in [1.807, 2.05) is 31.2 Å². The minimum Gasteiger partial charge on any atom is -0.494 e. The molecule has 7 nitrogen and oxygen atoms in total. The molecule has 3 aromatic rings. The van der Waals surface area contributed by atoms with E-state index in [1.54, 1.807) is 18.2 Å². The van der Waals surface area contributed by atoms with Crippen LogP contribution >= 0.6 is 23.2 Å². The van der Waals surface area contributed by atoms with E-state index in [0.717, 1.165) is 30.8 Å². The fraction of sp³-hybridized carbons (Fsp3) is 0.348. The fourth-order valence-electron chi connectivity index (χ4n) is 3.78. The van der Waals surface area contributed by atoms with E-state index in [4.69, 9.17) is 32.5 Å². The highest BCUT2D eigenvalue weighted by Gasteiger charge is 2.27. The molecular weight excluding hydrogens is 451 g/mol. The minimum absolute atomic E-state index is 0.00233. The van der Waals surface area contributed by atoms with Crippen LogP contribution in [-0.4, -0.2) is 40.6 Å². The van der Waals surface area contributed by atoms with Gasteiger partial charge in [0.2, 0.25) is 17.6 Å². The first kappa shape index (κ1) is 22.6. The highest BCUT2D eigenvalue weighted by Crippen LogP contribution is 2.29. The van der Waals surface area contributed by atoms with Crippen molar-refractivity contribution in [3.05, 3.63) is 58.4 Å². The molecule has 2 heterocycles. The lowest BCUT2D eigenvalue weighted by molar-refractivity contribution is -0.121. The highest BCUT2D eigenvalue weighted by molar-refractivity contribution is 6.36. The summed E-state index contributed by atoms with van der Waals surface area (Å²) in [6.07, 6.45) is 1.75. The number of ether oxygens (including phenoxy) is 1. The Morgan fingerprint density at radius 2 is 2.16 bits per heavy atom. The number of likely N-dealkylation sites (tertiary alicyclic amines) is 1. The van der Waals surface area contributed by atoms with Crippen LogP contribution in [0.15, 0.2) is 47.0 Å². The molecule has 2 aromatic carbocycles. The van der Waals surface area contributed by atoms with Crippen molar-refractivity contribution in [1.29, 1.82) is 0 Å². The molecule has 1 saturated heterocycles. The second-order valence-electron chi connectivity index (χ2n) is 7.66. The summed E-state index contributed by atoms with van der Waals surface area (Å²) in [6, 6.07) is 12.6. The summed E-state index contributed by atoms with van der Waals surface area (Å²) in [6.45, 7) is 4.47. The van der Waals surface area contributed by atoms with Crippen molar-refractivity contribution in [2.45, 2.75) is 26.3 Å². The Labute approximate surface area is 196 Å². The van der Waals surface area contributed by atoms with Gasteiger partial charge in [-0.1, -0.05) is 34.4 Å². The van der Waals surface area contributed by atoms with Crippen molar-refractivity contribution in [1.82, 2.24) is 15.0 Å². The van der Waals surface area contributed by atoms with Gasteiger partial charge in [0.25, 0.3) is 0 Å². The van der Waals surface area contributed by atoms with Gasteiger partial charge < -0.3 is 14.6 Å². The number of benzene rings is 2. The van der Waals surface area contributed by atoms with Gasteiger partial charge in [0.15, 0.2) is 0 Å². The van der Waals surface area contributed by atoms with Gasteiger partial charge >= 0.3 is 0 Å². The first-order valence-corrected chi connectivity index (χ1v) is 11.3. The first-order valence-electron chi connectivity index (χ1n) is 10.6. The third kappa shape index (κ3) is 5.59. The molecule has 1 aliphatic heterocycles. The third-order valence-electron chi connectivity index (χ3n) is 5.29. The number of hydrogen-bond acceptors (Lipinski definition) is 6. The molecule has 1 amide bonds. The molecule has 32 heavy (non-hydrogen) atoms. The number of nitrogens with zero attached hydrogens (tertiary/aromatic N) is 3. The summed E-state index contributed by atoms with van der Waals surface area (Å²) in [5.74, 6) is 1.53. The van der Waals surface area contributed by atoms with Crippen molar-refractivity contribution in [2.75, 3.05) is 25.0 Å². The maximum Gasteiger partial charge on any atom is 0.241 e. The van der Waals surface area contributed by atoms with Gasteiger partial charge in [0.1, 0.15) is 5.75 Å². The molecule has 4 rings (SSSR count). The van der Waals surface area contributed by atoms with E-state index < -0.39 is 0 Å². The number of carbonyl (C=O) groups excluding carboxylic acids is 1. The van der Waals surface area contributed by atoms with Gasteiger partial charge in [-0.3, -0.25) is 9.69 Å². The Bertz CT molecular complexity index is 1090. The van der Waals surface area contributed by atoms with Crippen LogP contribution in [0.5, 0.6) is 5.75 Å². The van der Waals surface area contributed by atoms with E-state index in [2.05, 4.69) is 20.4 Å². The Balaban J connectivity index is 1.36. The summed E-state index contributed by atoms with van der Waals surface area (Å²) >= 11 is 12.2. The largest absolute Gasteiger partial charge is 0.494 e. The Morgan fingerprint density at radius 3 is 2.97 bits per heavy atom. The van der Waals surface area contributed by atoms with Crippen molar-refractivity contribution < 1.29 is 14.1 Å². The zero-order valence-electron chi connectivity index (χ0n) is 17.7. The zero-order chi connectivity index (χ0) is 22.5. The smallest absolute Gasteiger partial charge is 0.241 e. The average Bonchev–Trinajstić information content (AvgIpc) is 3.22. The minimum atomic E-state index is -0.118. The van der Waals surface area contributed by atoms with Crippen LogP contribution in [0.4, 0.5) is 5.69 Å². The lowest BCUT2D eigenvalue weighted by Crippen LogP contribution is -2.40. The summed E-state index contributed by atoms with van der Waals surface area (Å²) in [4.78, 5) is 19.5. The van der Waals surface area contributed by atoms with Gasteiger partial charge in [-0.15, -0.1) is 0 Å². The molecule has 0 saturated carbocycles. The molecule has 0 spiro atoms. The zero-order valence-corrected chi connectivity index (χ0v) is 19.2. The number of piperidine rings is 1. The number of carbonyl (C=O) groups is 1. The number of rotatable bonds is 7. The van der Waals surface area contributed by atoms with Crippen molar-refractivity contribution in [3.8, 4) is 17.1 Å². The van der Waals surface area contributed by atoms with Crippen LogP contribution in [0.3, 0.4) is 0 Å². The van der Waals surface area contributed by atoms with E-state index in [1.165, 1.54) is 0 Å². The van der Waals surface area contributed by atoms with E-state index in [9.17, 15) is 4.79 Å². The number of nitrogens with one attached hydrogen (secondary N) is 1. The molecule has 0 radical (unpaired) electrons. The Morgan fingerprint density at radius 1 is 1.28 bits per heavy atom. The number of halogens is 2. The van der Waals surface area contributed by atoms with Gasteiger partial charge in [-0.25, -0.2) is 0 Å². The molecule has 1 fully saturated rings. The van der Waals surface area contributed by atoms with Gasteiger partial charge in [-0.2, -0.15) is 4.98 Å². The second-order valence-corrected chi connectivity index (χ2v) is 8.50. The van der Waals surface area contributed by atoms with E-state index in [0.29, 0.717) is 47.0 Å². The SMILES string of the molecule is CCOc1cccc(NC(=O)C2CCCN(Cc3nc(-c4ccc(Cl)cc4Cl)no3)C2)c1. The predicted molar refractivity (Wildman–Crippen MR) is 124 cm³/mol. The van der Waals surface area contributed by atoms with Crippen LogP contribution in [0.25, 0.3) is 11.4 Å². The molecule has 1 unspecified atom stereocenters. The summed E-state index contributed by atoms with van der Waals surface area (Å²) < 4.78 is 10.9. The molecule has 9 heteroatoms. The third-order valence-corrected chi connectivity index (χ3v) is 5.84. The Kier molecular flexibility index (Phi) is 7.29. The molecule has 168 valence electrons. The quantitative estimate of drug-likeness (QED) is 0.500. The van der Waals surface area contributed by atoms with E-state index >= 15 is 0 Å². The van der Waals surface area contributed by atoms with Gasteiger partial charge in [0.05, 0.1) is 24.1 Å². The molecule has 1 N–H and O–H groups in total. The topological polar surface area (TPSA) is 80.5 Å². The van der Waals surface area contributed by atoms with Crippen LogP contribution in [0.2, 0.25) is 10.0 Å². The molecule has 0 bridgehead atoms. The summed E-state index contributed by atoms with van der Waals surface area (Å²) in [5, 5.41) is 8.06. The maximum absolute atomic E-state index is 12.8. The predicted octanol–water partition coefficient (Wildman–Crippen LogP) is 5.29. The molecular formula is C23H24Cl2N4O3. The van der Waals surface area contributed by atoms with Gasteiger partial charge in [0, 0.05) is 28.9 Å². The number of anilines is 1. The van der Waals surface area contributed by atoms with Crippen LogP contribution in [-0.2, 0) is 11.3 Å². The lowest BCUT2D eigenvalue weighted by Gasteiger charge is -2.30. The summed E-state index contributed by atoms with van der Waals surface area (Å²) in [7, 11) is 0. The maximum atomic E-state index is 12.8. The molecule has 1 aromatic heterocycles. The molecule has 1 aliphatic rings. The fourth-order valence-corrected chi connectivity index (χ4v) is 4.27.